The van der Waals surface area contributed by atoms with Crippen LogP contribution in [0.15, 0.2) is 120 Å². The van der Waals surface area contributed by atoms with Crippen molar-refractivity contribution in [1.82, 2.24) is 10.6 Å². The number of hydrogen-bond acceptors (Lipinski definition) is 3. The van der Waals surface area contributed by atoms with Gasteiger partial charge in [0, 0.05) is 30.2 Å². The van der Waals surface area contributed by atoms with Crippen LogP contribution in [0.2, 0.25) is 0 Å². The normalized spacial score (nSPS) is 39.1. The van der Waals surface area contributed by atoms with E-state index in [2.05, 4.69) is 108 Å². The minimum Gasteiger partial charge on any atom is -0.662 e. The molecule has 8 rings (SSSR count). The average Bonchev–Trinajstić information content (AvgIpc) is 3.49. The Bertz CT molecular complexity index is 1430. The average molecular weight is 601 g/mol. The van der Waals surface area contributed by atoms with Gasteiger partial charge in [0.25, 0.3) is 0 Å². The minimum atomic E-state index is -0.267. The van der Waals surface area contributed by atoms with Crippen molar-refractivity contribution in [3.05, 3.63) is 125 Å². The smallest absolute Gasteiger partial charge is 0.0839 e. The molecule has 3 N–H and O–H groups in total. The predicted octanol–water partition coefficient (Wildman–Crippen LogP) is 8.60. The molecule has 0 radical (unpaired) electrons. The Hall–Kier alpha value is -2.76. The highest BCUT2D eigenvalue weighted by atomic mass is 16.5. The highest BCUT2D eigenvalue weighted by molar-refractivity contribution is 5.49. The molecule has 4 heteroatoms. The van der Waals surface area contributed by atoms with E-state index >= 15 is 0 Å². The molecule has 0 amide bonds. The molecule has 1 heterocycles. The molecule has 236 valence electrons. The third-order valence-electron chi connectivity index (χ3n) is 11.9. The molecule has 1 aliphatic heterocycles. The van der Waals surface area contributed by atoms with E-state index in [1.54, 1.807) is 5.57 Å². The van der Waals surface area contributed by atoms with Crippen molar-refractivity contribution >= 4 is 0 Å². The Morgan fingerprint density at radius 1 is 0.867 bits per heavy atom. The molecule has 4 nitrogen and oxygen atoms in total. The van der Waals surface area contributed by atoms with E-state index in [0.717, 1.165) is 45.1 Å². The summed E-state index contributed by atoms with van der Waals surface area (Å²) in [7, 11) is 0. The summed E-state index contributed by atoms with van der Waals surface area (Å²) in [6.07, 6.45) is 48.2. The van der Waals surface area contributed by atoms with E-state index in [1.807, 2.05) is 0 Å². The van der Waals surface area contributed by atoms with Crippen molar-refractivity contribution in [3.8, 4) is 0 Å². The summed E-state index contributed by atoms with van der Waals surface area (Å²) in [6, 6.07) is 0. The summed E-state index contributed by atoms with van der Waals surface area (Å²) in [6.45, 7) is 0.932. The molecule has 0 aromatic heterocycles. The molecule has 45 heavy (non-hydrogen) atoms. The SMILES string of the molecule is [NH-]C(NC(NCC1C=CC(C2C=CCCC2)=CC1)C1=CC2C=CC3=C(C2CC1)C1C(C=C3)OC2C=CC=CC21)C1CC=CCC1. The maximum Gasteiger partial charge on any atom is 0.0839 e. The van der Waals surface area contributed by atoms with Gasteiger partial charge in [0.2, 0.25) is 0 Å². The summed E-state index contributed by atoms with van der Waals surface area (Å²) in [5.74, 6) is 3.28. The van der Waals surface area contributed by atoms with Crippen LogP contribution in [0.25, 0.3) is 5.73 Å². The van der Waals surface area contributed by atoms with Crippen LogP contribution in [0.4, 0.5) is 0 Å². The molecule has 7 aliphatic carbocycles. The molecule has 0 aromatic carbocycles. The molecule has 0 aromatic rings. The van der Waals surface area contributed by atoms with Gasteiger partial charge in [-0.05, 0) is 92.3 Å². The van der Waals surface area contributed by atoms with E-state index in [1.165, 1.54) is 36.0 Å². The zero-order valence-electron chi connectivity index (χ0n) is 26.6. The topological polar surface area (TPSA) is 57.1 Å². The third-order valence-corrected chi connectivity index (χ3v) is 11.9. The molecule has 0 bridgehead atoms. The van der Waals surface area contributed by atoms with Gasteiger partial charge in [-0.25, -0.2) is 0 Å². The summed E-state index contributed by atoms with van der Waals surface area (Å²) < 4.78 is 6.53. The van der Waals surface area contributed by atoms with E-state index in [0.29, 0.717) is 41.4 Å². The Morgan fingerprint density at radius 3 is 2.64 bits per heavy atom. The number of rotatable bonds is 8. The molecule has 1 saturated heterocycles. The maximum atomic E-state index is 9.15. The van der Waals surface area contributed by atoms with E-state index in [4.69, 9.17) is 10.5 Å². The van der Waals surface area contributed by atoms with Gasteiger partial charge in [-0.2, -0.15) is 0 Å². The quantitative estimate of drug-likeness (QED) is 0.217. The lowest BCUT2D eigenvalue weighted by Crippen LogP contribution is -2.51. The third kappa shape index (κ3) is 6.07. The fourth-order valence-corrected chi connectivity index (χ4v) is 9.37. The number of allylic oxidation sites excluding steroid dienone is 14. The Balaban J connectivity index is 0.988. The standard InChI is InChI=1S/C41H50N3O/c42-40(31-11-5-2-6-12-31)44-41(43-26-27-15-17-29(18-16-27)28-9-3-1-4-10-28)33-21-23-34-32(25-33)20-19-30-22-24-37-39(38(30)34)35-13-7-8-14-36(35)45-37/h2-3,5,7-9,13-15,17-20,22,24-25,27-28,31-32,34-37,39-44H,1,4,6,10-12,16,21,23,26H2/q-1. The van der Waals surface area contributed by atoms with Crippen LogP contribution in [-0.4, -0.2) is 31.1 Å². The van der Waals surface area contributed by atoms with Crippen LogP contribution in [0.3, 0.4) is 0 Å². The van der Waals surface area contributed by atoms with Crippen molar-refractivity contribution in [2.24, 2.45) is 41.4 Å². The predicted molar refractivity (Wildman–Crippen MR) is 185 cm³/mol. The number of hydrogen-bond donors (Lipinski definition) is 2. The van der Waals surface area contributed by atoms with Gasteiger partial charge >= 0.3 is 0 Å². The molecule has 8 aliphatic rings. The van der Waals surface area contributed by atoms with Crippen LogP contribution in [-0.2, 0) is 4.74 Å². The van der Waals surface area contributed by atoms with Crippen molar-refractivity contribution in [2.45, 2.75) is 82.3 Å². The number of nitrogens with one attached hydrogen (secondary N) is 3. The zero-order chi connectivity index (χ0) is 30.2. The first-order valence-electron chi connectivity index (χ1n) is 17.9. The molecule has 11 atom stereocenters. The van der Waals surface area contributed by atoms with E-state index < -0.39 is 0 Å². The van der Waals surface area contributed by atoms with Gasteiger partial charge in [0.15, 0.2) is 0 Å². The first kappa shape index (κ1) is 29.6. The molecular weight excluding hydrogens is 550 g/mol. The van der Waals surface area contributed by atoms with E-state index in [-0.39, 0.29) is 24.5 Å². The Labute approximate surface area is 270 Å². The highest BCUT2D eigenvalue weighted by Gasteiger charge is 2.48. The van der Waals surface area contributed by atoms with Crippen molar-refractivity contribution in [3.63, 3.8) is 0 Å². The zero-order valence-corrected chi connectivity index (χ0v) is 26.6. The lowest BCUT2D eigenvalue weighted by Gasteiger charge is -2.43. The summed E-state index contributed by atoms with van der Waals surface area (Å²) in [5, 5.41) is 7.76. The van der Waals surface area contributed by atoms with Gasteiger partial charge in [-0.3, -0.25) is 5.32 Å². The molecule has 0 saturated carbocycles. The maximum absolute atomic E-state index is 9.15. The van der Waals surface area contributed by atoms with Crippen molar-refractivity contribution in [2.75, 3.05) is 6.54 Å². The van der Waals surface area contributed by atoms with Crippen LogP contribution < -0.4 is 10.6 Å². The number of fused-ring (bicyclic) bond motifs is 6. The molecule has 0 spiro atoms. The Kier molecular flexibility index (Phi) is 8.66. The van der Waals surface area contributed by atoms with Gasteiger partial charge in [-0.1, -0.05) is 109 Å². The van der Waals surface area contributed by atoms with Crippen LogP contribution >= 0.6 is 0 Å². The molecule has 11 unspecified atom stereocenters. The molecule has 1 fully saturated rings. The van der Waals surface area contributed by atoms with Gasteiger partial charge in [0.1, 0.15) is 0 Å². The minimum absolute atomic E-state index is 0.0350. The summed E-state index contributed by atoms with van der Waals surface area (Å²) in [5.41, 5.74) is 15.2. The van der Waals surface area contributed by atoms with Gasteiger partial charge < -0.3 is 15.8 Å². The first-order chi connectivity index (χ1) is 22.2. The molecular formula is C41H50N3O-. The fraction of sp³-hybridized carbons (Fsp3) is 0.512. The summed E-state index contributed by atoms with van der Waals surface area (Å²) in [4.78, 5) is 0. The second kappa shape index (κ2) is 13.2. The fourth-order valence-electron chi connectivity index (χ4n) is 9.37. The second-order valence-electron chi connectivity index (χ2n) is 14.6. The van der Waals surface area contributed by atoms with Crippen LogP contribution in [0, 0.1) is 41.4 Å². The Morgan fingerprint density at radius 2 is 1.80 bits per heavy atom. The largest absolute Gasteiger partial charge is 0.662 e. The summed E-state index contributed by atoms with van der Waals surface area (Å²) >= 11 is 0. The van der Waals surface area contributed by atoms with Crippen molar-refractivity contribution < 1.29 is 4.74 Å². The van der Waals surface area contributed by atoms with E-state index in [9.17, 15) is 0 Å². The number of ether oxygens (including phenoxy) is 1. The van der Waals surface area contributed by atoms with Crippen molar-refractivity contribution in [1.29, 1.82) is 0 Å². The monoisotopic (exact) mass is 600 g/mol. The second-order valence-corrected chi connectivity index (χ2v) is 14.6. The van der Waals surface area contributed by atoms with Gasteiger partial charge in [-0.15, -0.1) is 0 Å². The first-order valence-corrected chi connectivity index (χ1v) is 17.9. The lowest BCUT2D eigenvalue weighted by molar-refractivity contribution is 0.0861. The highest BCUT2D eigenvalue weighted by Crippen LogP contribution is 2.52. The van der Waals surface area contributed by atoms with Crippen LogP contribution in [0.1, 0.15) is 57.8 Å². The van der Waals surface area contributed by atoms with Gasteiger partial charge in [0.05, 0.1) is 18.4 Å². The van der Waals surface area contributed by atoms with Crippen LogP contribution in [0.5, 0.6) is 0 Å². The lowest BCUT2D eigenvalue weighted by atomic mass is 9.63.